The third-order valence-corrected chi connectivity index (χ3v) is 1.86. The van der Waals surface area contributed by atoms with Crippen LogP contribution in [0.25, 0.3) is 0 Å². The molecule has 0 rings (SSSR count). The quantitative estimate of drug-likeness (QED) is 0.664. The van der Waals surface area contributed by atoms with E-state index in [0.717, 1.165) is 0 Å². The largest absolute Gasteiger partial charge is 0.289 e. The van der Waals surface area contributed by atoms with Crippen molar-refractivity contribution in [1.82, 2.24) is 0 Å². The van der Waals surface area contributed by atoms with Crippen molar-refractivity contribution >= 4 is 23.2 Å². The number of allylic oxidation sites excluding steroid dienone is 1. The van der Waals surface area contributed by atoms with Crippen molar-refractivity contribution in [2.24, 2.45) is 0 Å². The summed E-state index contributed by atoms with van der Waals surface area (Å²) < 4.78 is 72.6. The van der Waals surface area contributed by atoms with Crippen LogP contribution in [0, 0.1) is 0 Å². The summed E-state index contributed by atoms with van der Waals surface area (Å²) in [5.74, 6) is -4.45. The average molecular weight is 261 g/mol. The zero-order chi connectivity index (χ0) is 11.5. The summed E-state index contributed by atoms with van der Waals surface area (Å²) >= 11 is 9.19. The van der Waals surface area contributed by atoms with Gasteiger partial charge in [0.25, 0.3) is 5.92 Å². The number of rotatable bonds is 4. The molecule has 0 radical (unpaired) electrons. The first-order valence-corrected chi connectivity index (χ1v) is 3.94. The fourth-order valence-corrected chi connectivity index (χ4v) is 0.846. The van der Waals surface area contributed by atoms with E-state index in [1.54, 1.807) is 0 Å². The van der Waals surface area contributed by atoms with Crippen LogP contribution in [0.4, 0.5) is 26.3 Å². The standard InChI is InChI=1S/C6H4Cl2F6/c7-3(5(8)12)4(11)6(13,14)1-2(9)10/h2,4H,1H2. The molecule has 84 valence electrons. The Hall–Kier alpha value is -0.100. The Labute approximate surface area is 85.5 Å². The molecule has 0 aromatic heterocycles. The Bertz CT molecular complexity index is 222. The lowest BCUT2D eigenvalue weighted by molar-refractivity contribution is -0.0946. The molecular weight excluding hydrogens is 257 g/mol. The molecule has 0 aliphatic carbocycles. The first kappa shape index (κ1) is 13.9. The average Bonchev–Trinajstić information content (AvgIpc) is 1.99. The summed E-state index contributed by atoms with van der Waals surface area (Å²) in [6.45, 7) is 0. The fraction of sp³-hybridized carbons (Fsp3) is 0.667. The van der Waals surface area contributed by atoms with Crippen LogP contribution in [0.15, 0.2) is 10.3 Å². The normalized spacial score (nSPS) is 16.9. The first-order valence-electron chi connectivity index (χ1n) is 3.19. The van der Waals surface area contributed by atoms with Crippen molar-refractivity contribution in [2.45, 2.75) is 24.9 Å². The Balaban J connectivity index is 4.66. The first-order chi connectivity index (χ1) is 6.18. The predicted octanol–water partition coefficient (Wildman–Crippen LogP) is 4.23. The second-order valence-corrected chi connectivity index (χ2v) is 3.07. The highest BCUT2D eigenvalue weighted by atomic mass is 35.5. The summed E-state index contributed by atoms with van der Waals surface area (Å²) in [6.07, 6.45) is -8.84. The summed E-state index contributed by atoms with van der Waals surface area (Å²) in [4.78, 5) is 0. The van der Waals surface area contributed by atoms with Gasteiger partial charge in [-0.15, -0.1) is 0 Å². The minimum Gasteiger partial charge on any atom is -0.234 e. The molecule has 0 saturated heterocycles. The minimum absolute atomic E-state index is 1.61. The summed E-state index contributed by atoms with van der Waals surface area (Å²) in [7, 11) is 0. The third kappa shape index (κ3) is 3.96. The van der Waals surface area contributed by atoms with Gasteiger partial charge in [-0.2, -0.15) is 4.39 Å². The SMILES string of the molecule is FC(Cl)=C(Cl)C(F)C(F)(F)CC(F)F. The number of hydrogen-bond acceptors (Lipinski definition) is 0. The smallest absolute Gasteiger partial charge is 0.234 e. The van der Waals surface area contributed by atoms with Crippen LogP contribution in [-0.4, -0.2) is 18.5 Å². The van der Waals surface area contributed by atoms with Crippen molar-refractivity contribution in [3.63, 3.8) is 0 Å². The van der Waals surface area contributed by atoms with E-state index in [1.807, 2.05) is 0 Å². The molecule has 0 aliphatic rings. The van der Waals surface area contributed by atoms with Gasteiger partial charge in [-0.25, -0.2) is 22.0 Å². The van der Waals surface area contributed by atoms with Gasteiger partial charge in [0.2, 0.25) is 17.9 Å². The molecular formula is C6H4Cl2F6. The Kier molecular flexibility index (Phi) is 5.08. The molecule has 8 heteroatoms. The lowest BCUT2D eigenvalue weighted by Crippen LogP contribution is -2.32. The van der Waals surface area contributed by atoms with Crippen molar-refractivity contribution in [3.05, 3.63) is 10.3 Å². The van der Waals surface area contributed by atoms with Gasteiger partial charge in [-0.05, 0) is 11.6 Å². The highest BCUT2D eigenvalue weighted by Gasteiger charge is 2.45. The van der Waals surface area contributed by atoms with Crippen molar-refractivity contribution in [1.29, 1.82) is 0 Å². The van der Waals surface area contributed by atoms with Crippen LogP contribution in [0.1, 0.15) is 6.42 Å². The van der Waals surface area contributed by atoms with Crippen LogP contribution >= 0.6 is 23.2 Å². The Morgan fingerprint density at radius 3 is 1.86 bits per heavy atom. The van der Waals surface area contributed by atoms with Crippen LogP contribution < -0.4 is 0 Å². The molecule has 1 unspecified atom stereocenters. The molecule has 0 aliphatic heterocycles. The van der Waals surface area contributed by atoms with E-state index in [4.69, 9.17) is 11.6 Å². The van der Waals surface area contributed by atoms with Gasteiger partial charge in [0, 0.05) is 0 Å². The Morgan fingerprint density at radius 2 is 1.57 bits per heavy atom. The minimum atomic E-state index is -4.45. The molecule has 0 nitrogen and oxygen atoms in total. The van der Waals surface area contributed by atoms with Gasteiger partial charge in [0.05, 0.1) is 6.42 Å². The molecule has 0 saturated carbocycles. The predicted molar refractivity (Wildman–Crippen MR) is 40.3 cm³/mol. The highest BCUT2D eigenvalue weighted by molar-refractivity contribution is 6.38. The monoisotopic (exact) mass is 260 g/mol. The van der Waals surface area contributed by atoms with Crippen LogP contribution in [0.3, 0.4) is 0 Å². The van der Waals surface area contributed by atoms with Gasteiger partial charge in [-0.1, -0.05) is 11.6 Å². The molecule has 1 atom stereocenters. The highest BCUT2D eigenvalue weighted by Crippen LogP contribution is 2.36. The van der Waals surface area contributed by atoms with E-state index < -0.39 is 35.3 Å². The topological polar surface area (TPSA) is 0 Å². The van der Waals surface area contributed by atoms with Gasteiger partial charge < -0.3 is 0 Å². The van der Waals surface area contributed by atoms with Crippen LogP contribution in [-0.2, 0) is 0 Å². The van der Waals surface area contributed by atoms with Gasteiger partial charge in [-0.3, -0.25) is 0 Å². The van der Waals surface area contributed by atoms with E-state index in [1.165, 1.54) is 0 Å². The van der Waals surface area contributed by atoms with E-state index >= 15 is 0 Å². The van der Waals surface area contributed by atoms with Gasteiger partial charge in [0.1, 0.15) is 5.03 Å². The second-order valence-electron chi connectivity index (χ2n) is 2.33. The molecule has 0 N–H and O–H groups in total. The van der Waals surface area contributed by atoms with Crippen molar-refractivity contribution in [2.75, 3.05) is 0 Å². The summed E-state index contributed by atoms with van der Waals surface area (Å²) in [5.41, 5.74) is 0. The zero-order valence-electron chi connectivity index (χ0n) is 6.39. The molecule has 0 fully saturated rings. The molecule has 0 spiro atoms. The lowest BCUT2D eigenvalue weighted by atomic mass is 10.1. The second kappa shape index (κ2) is 5.11. The van der Waals surface area contributed by atoms with Crippen molar-refractivity contribution < 1.29 is 26.3 Å². The molecule has 0 bridgehead atoms. The van der Waals surface area contributed by atoms with Crippen LogP contribution in [0.2, 0.25) is 0 Å². The number of hydrogen-bond donors (Lipinski definition) is 0. The molecule has 0 heterocycles. The van der Waals surface area contributed by atoms with E-state index in [2.05, 4.69) is 11.6 Å². The van der Waals surface area contributed by atoms with Gasteiger partial charge in [0.15, 0.2) is 0 Å². The molecule has 14 heavy (non-hydrogen) atoms. The maximum Gasteiger partial charge on any atom is 0.289 e. The molecule has 0 amide bonds. The number of alkyl halides is 5. The third-order valence-electron chi connectivity index (χ3n) is 1.20. The van der Waals surface area contributed by atoms with Gasteiger partial charge >= 0.3 is 0 Å². The maximum atomic E-state index is 12.6. The molecule has 0 aromatic carbocycles. The Morgan fingerprint density at radius 1 is 1.14 bits per heavy atom. The summed E-state index contributed by atoms with van der Waals surface area (Å²) in [5, 5.41) is -3.49. The van der Waals surface area contributed by atoms with E-state index in [-0.39, 0.29) is 0 Å². The fourth-order valence-electron chi connectivity index (χ4n) is 0.590. The number of halogens is 8. The summed E-state index contributed by atoms with van der Waals surface area (Å²) in [6, 6.07) is 0. The maximum absolute atomic E-state index is 12.6. The van der Waals surface area contributed by atoms with E-state index in [0.29, 0.717) is 0 Å². The molecule has 0 aromatic rings. The van der Waals surface area contributed by atoms with Crippen LogP contribution in [0.5, 0.6) is 0 Å². The lowest BCUT2D eigenvalue weighted by Gasteiger charge is -2.19. The zero-order valence-corrected chi connectivity index (χ0v) is 7.90. The van der Waals surface area contributed by atoms with Crippen molar-refractivity contribution in [3.8, 4) is 0 Å². The van der Waals surface area contributed by atoms with E-state index in [9.17, 15) is 26.3 Å².